The van der Waals surface area contributed by atoms with Gasteiger partial charge < -0.3 is 5.32 Å². The van der Waals surface area contributed by atoms with Gasteiger partial charge in [0.25, 0.3) is 0 Å². The molecule has 2 aromatic carbocycles. The number of rotatable bonds is 3. The fourth-order valence-corrected chi connectivity index (χ4v) is 3.03. The van der Waals surface area contributed by atoms with Gasteiger partial charge in [-0.3, -0.25) is 0 Å². The molecule has 1 nitrogen and oxygen atoms in total. The van der Waals surface area contributed by atoms with E-state index >= 15 is 0 Å². The van der Waals surface area contributed by atoms with Gasteiger partial charge in [-0.05, 0) is 55.3 Å². The molecule has 0 aliphatic carbocycles. The van der Waals surface area contributed by atoms with Crippen molar-refractivity contribution < 1.29 is 4.39 Å². The van der Waals surface area contributed by atoms with Crippen molar-refractivity contribution >= 4 is 27.5 Å². The van der Waals surface area contributed by atoms with Gasteiger partial charge in [-0.15, -0.1) is 0 Å². The van der Waals surface area contributed by atoms with Gasteiger partial charge in [-0.25, -0.2) is 4.39 Å². The Kier molecular flexibility index (Phi) is 4.84. The Labute approximate surface area is 132 Å². The largest absolute Gasteiger partial charge is 0.309 e. The van der Waals surface area contributed by atoms with Crippen LogP contribution in [0.15, 0.2) is 34.8 Å². The predicted octanol–water partition coefficient (Wildman–Crippen LogP) is 5.17. The van der Waals surface area contributed by atoms with E-state index in [0.29, 0.717) is 0 Å². The van der Waals surface area contributed by atoms with E-state index in [1.54, 1.807) is 6.07 Å². The number of hydrogen-bond donors (Lipinski definition) is 1. The second-order valence-electron chi connectivity index (χ2n) is 4.82. The van der Waals surface area contributed by atoms with E-state index in [4.69, 9.17) is 11.6 Å². The van der Waals surface area contributed by atoms with Crippen molar-refractivity contribution in [2.75, 3.05) is 7.05 Å². The molecule has 1 N–H and O–H groups in total. The van der Waals surface area contributed by atoms with Crippen LogP contribution < -0.4 is 5.32 Å². The van der Waals surface area contributed by atoms with Crippen LogP contribution in [0.4, 0.5) is 4.39 Å². The molecule has 0 saturated carbocycles. The fraction of sp³-hybridized carbons (Fsp3) is 0.250. The van der Waals surface area contributed by atoms with Gasteiger partial charge in [-0.1, -0.05) is 45.7 Å². The lowest BCUT2D eigenvalue weighted by Crippen LogP contribution is -2.19. The first-order valence-electron chi connectivity index (χ1n) is 6.33. The first kappa shape index (κ1) is 15.5. The number of aryl methyl sites for hydroxylation is 2. The van der Waals surface area contributed by atoms with Crippen LogP contribution in [0.25, 0.3) is 0 Å². The third-order valence-electron chi connectivity index (χ3n) is 3.44. The molecule has 4 heteroatoms. The highest BCUT2D eigenvalue weighted by molar-refractivity contribution is 9.10. The Hall–Kier alpha value is -0.900. The molecule has 1 atom stereocenters. The van der Waals surface area contributed by atoms with Gasteiger partial charge in [0.1, 0.15) is 5.82 Å². The normalized spacial score (nSPS) is 12.5. The summed E-state index contributed by atoms with van der Waals surface area (Å²) in [6, 6.07) is 8.94. The SMILES string of the molecule is CNC(c1cc(C)c(Br)cc1C)c1cccc(F)c1Cl. The molecular weight excluding hydrogens is 341 g/mol. The summed E-state index contributed by atoms with van der Waals surface area (Å²) in [4.78, 5) is 0. The summed E-state index contributed by atoms with van der Waals surface area (Å²) in [5.74, 6) is -0.393. The van der Waals surface area contributed by atoms with E-state index in [9.17, 15) is 4.39 Å². The topological polar surface area (TPSA) is 12.0 Å². The van der Waals surface area contributed by atoms with Crippen LogP contribution in [0.3, 0.4) is 0 Å². The van der Waals surface area contributed by atoms with Crippen LogP contribution in [0.1, 0.15) is 28.3 Å². The van der Waals surface area contributed by atoms with Gasteiger partial charge in [0.2, 0.25) is 0 Å². The number of nitrogens with one attached hydrogen (secondary N) is 1. The van der Waals surface area contributed by atoms with Gasteiger partial charge in [0, 0.05) is 4.47 Å². The second-order valence-corrected chi connectivity index (χ2v) is 6.06. The molecular formula is C16H16BrClFN. The lowest BCUT2D eigenvalue weighted by molar-refractivity contribution is 0.616. The van der Waals surface area contributed by atoms with E-state index in [-0.39, 0.29) is 11.1 Å². The molecule has 2 aromatic rings. The maximum absolute atomic E-state index is 13.7. The summed E-state index contributed by atoms with van der Waals surface area (Å²) in [5, 5.41) is 3.40. The average Bonchev–Trinajstić information content (AvgIpc) is 2.41. The quantitative estimate of drug-likeness (QED) is 0.800. The van der Waals surface area contributed by atoms with Crippen LogP contribution in [0, 0.1) is 19.7 Å². The zero-order chi connectivity index (χ0) is 14.9. The van der Waals surface area contributed by atoms with Gasteiger partial charge >= 0.3 is 0 Å². The molecule has 0 amide bonds. The highest BCUT2D eigenvalue weighted by Gasteiger charge is 2.19. The lowest BCUT2D eigenvalue weighted by Gasteiger charge is -2.22. The van der Waals surface area contributed by atoms with E-state index in [0.717, 1.165) is 26.7 Å². The second kappa shape index (κ2) is 6.25. The van der Waals surface area contributed by atoms with Crippen molar-refractivity contribution in [2.45, 2.75) is 19.9 Å². The third-order valence-corrected chi connectivity index (χ3v) is 4.69. The molecule has 0 spiro atoms. The third kappa shape index (κ3) is 2.90. The molecule has 0 radical (unpaired) electrons. The molecule has 1 unspecified atom stereocenters. The molecule has 20 heavy (non-hydrogen) atoms. The van der Waals surface area contributed by atoms with Gasteiger partial charge in [0.05, 0.1) is 11.1 Å². The lowest BCUT2D eigenvalue weighted by atomic mass is 9.93. The molecule has 0 aliphatic heterocycles. The maximum Gasteiger partial charge on any atom is 0.142 e. The molecule has 2 rings (SSSR count). The van der Waals surface area contributed by atoms with Crippen LogP contribution in [-0.4, -0.2) is 7.05 Å². The van der Waals surface area contributed by atoms with Crippen LogP contribution in [0.5, 0.6) is 0 Å². The molecule has 0 heterocycles. The smallest absolute Gasteiger partial charge is 0.142 e. The van der Waals surface area contributed by atoms with Crippen LogP contribution in [-0.2, 0) is 0 Å². The van der Waals surface area contributed by atoms with Crippen molar-refractivity contribution in [3.05, 3.63) is 67.9 Å². The Balaban J connectivity index is 2.58. The molecule has 0 saturated heterocycles. The van der Waals surface area contributed by atoms with E-state index in [2.05, 4.69) is 33.4 Å². The highest BCUT2D eigenvalue weighted by atomic mass is 79.9. The molecule has 0 fully saturated rings. The summed E-state index contributed by atoms with van der Waals surface area (Å²) in [5.41, 5.74) is 4.11. The number of hydrogen-bond acceptors (Lipinski definition) is 1. The van der Waals surface area contributed by atoms with Crippen LogP contribution in [0.2, 0.25) is 5.02 Å². The minimum atomic E-state index is -0.393. The van der Waals surface area contributed by atoms with E-state index in [1.807, 2.05) is 27.0 Å². The van der Waals surface area contributed by atoms with E-state index in [1.165, 1.54) is 6.07 Å². The summed E-state index contributed by atoms with van der Waals surface area (Å²) in [6.45, 7) is 4.07. The maximum atomic E-state index is 13.7. The Morgan fingerprint density at radius 3 is 2.50 bits per heavy atom. The minimum Gasteiger partial charge on any atom is -0.309 e. The molecule has 0 bridgehead atoms. The summed E-state index contributed by atoms with van der Waals surface area (Å²) < 4.78 is 14.7. The average molecular weight is 357 g/mol. The Bertz CT molecular complexity index is 643. The van der Waals surface area contributed by atoms with Gasteiger partial charge in [-0.2, -0.15) is 0 Å². The van der Waals surface area contributed by atoms with Crippen molar-refractivity contribution in [3.63, 3.8) is 0 Å². The summed E-state index contributed by atoms with van der Waals surface area (Å²) in [6.07, 6.45) is 0. The fourth-order valence-electron chi connectivity index (χ4n) is 2.34. The first-order chi connectivity index (χ1) is 9.45. The zero-order valence-electron chi connectivity index (χ0n) is 11.6. The van der Waals surface area contributed by atoms with Crippen molar-refractivity contribution in [2.24, 2.45) is 0 Å². The van der Waals surface area contributed by atoms with Crippen molar-refractivity contribution in [1.29, 1.82) is 0 Å². The standard InChI is InChI=1S/C16H16BrClFN/c1-9-8-13(17)10(2)7-12(9)16(20-3)11-5-4-6-14(19)15(11)18/h4-8,16,20H,1-3H3. The van der Waals surface area contributed by atoms with Crippen LogP contribution >= 0.6 is 27.5 Å². The first-order valence-corrected chi connectivity index (χ1v) is 7.50. The van der Waals surface area contributed by atoms with Crippen molar-refractivity contribution in [1.82, 2.24) is 5.32 Å². The number of halogens is 3. The van der Waals surface area contributed by atoms with Crippen molar-refractivity contribution in [3.8, 4) is 0 Å². The van der Waals surface area contributed by atoms with Gasteiger partial charge in [0.15, 0.2) is 0 Å². The molecule has 106 valence electrons. The summed E-state index contributed by atoms with van der Waals surface area (Å²) >= 11 is 9.64. The summed E-state index contributed by atoms with van der Waals surface area (Å²) in [7, 11) is 1.85. The molecule has 0 aliphatic rings. The molecule has 0 aromatic heterocycles. The monoisotopic (exact) mass is 355 g/mol. The Morgan fingerprint density at radius 1 is 1.15 bits per heavy atom. The van der Waals surface area contributed by atoms with E-state index < -0.39 is 5.82 Å². The number of benzene rings is 2. The highest BCUT2D eigenvalue weighted by Crippen LogP contribution is 2.33. The zero-order valence-corrected chi connectivity index (χ0v) is 13.9. The predicted molar refractivity (Wildman–Crippen MR) is 85.9 cm³/mol. The Morgan fingerprint density at radius 2 is 1.85 bits per heavy atom. The minimum absolute atomic E-state index is 0.134.